The first-order valence-electron chi connectivity index (χ1n) is 5.20. The van der Waals surface area contributed by atoms with Gasteiger partial charge in [-0.25, -0.2) is 0 Å². The number of rotatable bonds is 6. The van der Waals surface area contributed by atoms with Crippen LogP contribution in [-0.4, -0.2) is 18.1 Å². The molecule has 0 fully saturated rings. The van der Waals surface area contributed by atoms with Gasteiger partial charge in [-0.3, -0.25) is 4.98 Å². The maximum Gasteiger partial charge on any atom is 0.0340 e. The van der Waals surface area contributed by atoms with Crippen molar-refractivity contribution in [1.29, 1.82) is 0 Å². The van der Waals surface area contributed by atoms with Gasteiger partial charge >= 0.3 is 0 Å². The molecule has 0 amide bonds. The van der Waals surface area contributed by atoms with Crippen LogP contribution in [0.2, 0.25) is 0 Å². The van der Waals surface area contributed by atoms with Gasteiger partial charge < -0.3 is 5.32 Å². The van der Waals surface area contributed by atoms with Crippen molar-refractivity contribution in [3.8, 4) is 0 Å². The smallest absolute Gasteiger partial charge is 0.0340 e. The molecule has 0 unspecified atom stereocenters. The molecule has 14 heavy (non-hydrogen) atoms. The molecule has 0 atom stereocenters. The Kier molecular flexibility index (Phi) is 5.68. The summed E-state index contributed by atoms with van der Waals surface area (Å²) in [6.45, 7) is 4.25. The Bertz CT molecular complexity index is 254. The second-order valence-corrected chi connectivity index (χ2v) is 3.25. The lowest BCUT2D eigenvalue weighted by atomic mass is 10.2. The molecule has 0 aliphatic rings. The maximum atomic E-state index is 4.04. The van der Waals surface area contributed by atoms with Crippen LogP contribution in [0, 0.1) is 0 Å². The summed E-state index contributed by atoms with van der Waals surface area (Å²) in [7, 11) is 0. The van der Waals surface area contributed by atoms with Crippen LogP contribution in [0.25, 0.3) is 6.08 Å². The Balaban J connectivity index is 2.15. The van der Waals surface area contributed by atoms with E-state index in [0.29, 0.717) is 0 Å². The molecule has 2 heteroatoms. The van der Waals surface area contributed by atoms with E-state index in [0.717, 1.165) is 18.7 Å². The minimum atomic E-state index is 0.939. The molecule has 2 nitrogen and oxygen atoms in total. The molecule has 0 bridgehead atoms. The average molecular weight is 190 g/mol. The average Bonchev–Trinajstić information content (AvgIpc) is 2.25. The van der Waals surface area contributed by atoms with Gasteiger partial charge in [-0.1, -0.05) is 31.6 Å². The highest BCUT2D eigenvalue weighted by Crippen LogP contribution is 1.97. The molecule has 1 aromatic heterocycles. The fourth-order valence-electron chi connectivity index (χ4n) is 1.16. The SMILES string of the molecule is CCCCNC/C=C/c1cccnc1. The summed E-state index contributed by atoms with van der Waals surface area (Å²) in [5.41, 5.74) is 1.16. The normalized spacial score (nSPS) is 10.9. The predicted molar refractivity (Wildman–Crippen MR) is 61.0 cm³/mol. The van der Waals surface area contributed by atoms with Gasteiger partial charge in [-0.15, -0.1) is 0 Å². The largest absolute Gasteiger partial charge is 0.313 e. The van der Waals surface area contributed by atoms with E-state index in [4.69, 9.17) is 0 Å². The number of unbranched alkanes of at least 4 members (excludes halogenated alkanes) is 1. The molecule has 0 aliphatic carbocycles. The Labute approximate surface area is 86.1 Å². The molecule has 1 N–H and O–H groups in total. The zero-order valence-electron chi connectivity index (χ0n) is 8.74. The number of aromatic nitrogens is 1. The summed E-state index contributed by atoms with van der Waals surface area (Å²) < 4.78 is 0. The van der Waals surface area contributed by atoms with Crippen molar-refractivity contribution in [1.82, 2.24) is 10.3 Å². The molecule has 76 valence electrons. The first-order valence-corrected chi connectivity index (χ1v) is 5.20. The van der Waals surface area contributed by atoms with E-state index < -0.39 is 0 Å². The highest BCUT2D eigenvalue weighted by molar-refractivity contribution is 5.47. The van der Waals surface area contributed by atoms with Crippen molar-refractivity contribution in [3.63, 3.8) is 0 Å². The van der Waals surface area contributed by atoms with E-state index in [9.17, 15) is 0 Å². The minimum absolute atomic E-state index is 0.939. The molecule has 0 aromatic carbocycles. The fraction of sp³-hybridized carbons (Fsp3) is 0.417. The number of nitrogens with zero attached hydrogens (tertiary/aromatic N) is 1. The zero-order chi connectivity index (χ0) is 10.1. The Morgan fingerprint density at radius 1 is 1.50 bits per heavy atom. The van der Waals surface area contributed by atoms with Crippen LogP contribution in [0.3, 0.4) is 0 Å². The third-order valence-electron chi connectivity index (χ3n) is 1.96. The van der Waals surface area contributed by atoms with Gasteiger partial charge in [0.25, 0.3) is 0 Å². The number of nitrogens with one attached hydrogen (secondary N) is 1. The van der Waals surface area contributed by atoms with Crippen LogP contribution in [-0.2, 0) is 0 Å². The maximum absolute atomic E-state index is 4.04. The van der Waals surface area contributed by atoms with Gasteiger partial charge in [0, 0.05) is 18.9 Å². The van der Waals surface area contributed by atoms with Gasteiger partial charge in [0.2, 0.25) is 0 Å². The van der Waals surface area contributed by atoms with E-state index in [1.54, 1.807) is 6.20 Å². The monoisotopic (exact) mass is 190 g/mol. The number of hydrogen-bond acceptors (Lipinski definition) is 2. The van der Waals surface area contributed by atoms with Crippen molar-refractivity contribution in [2.75, 3.05) is 13.1 Å². The van der Waals surface area contributed by atoms with Gasteiger partial charge in [-0.2, -0.15) is 0 Å². The zero-order valence-corrected chi connectivity index (χ0v) is 8.74. The molecule has 0 radical (unpaired) electrons. The van der Waals surface area contributed by atoms with Crippen molar-refractivity contribution >= 4 is 6.08 Å². The van der Waals surface area contributed by atoms with Crippen LogP contribution in [0.4, 0.5) is 0 Å². The Hall–Kier alpha value is -1.15. The van der Waals surface area contributed by atoms with Gasteiger partial charge in [0.1, 0.15) is 0 Å². The third-order valence-corrected chi connectivity index (χ3v) is 1.96. The molecule has 1 rings (SSSR count). The Morgan fingerprint density at radius 3 is 3.14 bits per heavy atom. The van der Waals surface area contributed by atoms with E-state index >= 15 is 0 Å². The molecule has 0 spiro atoms. The highest BCUT2D eigenvalue weighted by Gasteiger charge is 1.84. The standard InChI is InChI=1S/C12H18N2/c1-2-3-8-13-9-4-6-12-7-5-10-14-11-12/h4-7,10-11,13H,2-3,8-9H2,1H3/b6-4+. The predicted octanol–water partition coefficient (Wildman–Crippen LogP) is 2.48. The van der Waals surface area contributed by atoms with Gasteiger partial charge in [0.15, 0.2) is 0 Å². The summed E-state index contributed by atoms with van der Waals surface area (Å²) >= 11 is 0. The van der Waals surface area contributed by atoms with Crippen LogP contribution in [0.1, 0.15) is 25.3 Å². The molecule has 0 saturated heterocycles. The summed E-state index contributed by atoms with van der Waals surface area (Å²) in [5.74, 6) is 0. The van der Waals surface area contributed by atoms with E-state index in [2.05, 4.69) is 35.4 Å². The molecule has 1 aromatic rings. The van der Waals surface area contributed by atoms with Crippen molar-refractivity contribution in [2.24, 2.45) is 0 Å². The van der Waals surface area contributed by atoms with Crippen LogP contribution >= 0.6 is 0 Å². The van der Waals surface area contributed by atoms with E-state index in [-0.39, 0.29) is 0 Å². The summed E-state index contributed by atoms with van der Waals surface area (Å²) in [6.07, 6.45) is 10.4. The third kappa shape index (κ3) is 4.77. The lowest BCUT2D eigenvalue weighted by Crippen LogP contribution is -2.14. The topological polar surface area (TPSA) is 24.9 Å². The molecule has 1 heterocycles. The first kappa shape index (κ1) is 10.9. The second kappa shape index (κ2) is 7.27. The van der Waals surface area contributed by atoms with Crippen LogP contribution in [0.15, 0.2) is 30.6 Å². The van der Waals surface area contributed by atoms with Crippen LogP contribution < -0.4 is 5.32 Å². The first-order chi connectivity index (χ1) is 6.93. The van der Waals surface area contributed by atoms with Crippen LogP contribution in [0.5, 0.6) is 0 Å². The van der Waals surface area contributed by atoms with Crippen molar-refractivity contribution < 1.29 is 0 Å². The quantitative estimate of drug-likeness (QED) is 0.697. The lowest BCUT2D eigenvalue weighted by Gasteiger charge is -1.98. The minimum Gasteiger partial charge on any atom is -0.313 e. The van der Waals surface area contributed by atoms with Crippen molar-refractivity contribution in [2.45, 2.75) is 19.8 Å². The summed E-state index contributed by atoms with van der Waals surface area (Å²) in [6, 6.07) is 4.00. The summed E-state index contributed by atoms with van der Waals surface area (Å²) in [5, 5.41) is 3.35. The Morgan fingerprint density at radius 2 is 2.43 bits per heavy atom. The van der Waals surface area contributed by atoms with E-state index in [1.165, 1.54) is 12.8 Å². The summed E-state index contributed by atoms with van der Waals surface area (Å²) in [4.78, 5) is 4.04. The highest BCUT2D eigenvalue weighted by atomic mass is 14.8. The van der Waals surface area contributed by atoms with E-state index in [1.807, 2.05) is 12.3 Å². The molecule has 0 aliphatic heterocycles. The van der Waals surface area contributed by atoms with Gasteiger partial charge in [-0.05, 0) is 24.6 Å². The molecular weight excluding hydrogens is 172 g/mol. The lowest BCUT2D eigenvalue weighted by molar-refractivity contribution is 0.682. The fourth-order valence-corrected chi connectivity index (χ4v) is 1.16. The molecule has 0 saturated carbocycles. The molecular formula is C12H18N2. The van der Waals surface area contributed by atoms with Gasteiger partial charge in [0.05, 0.1) is 0 Å². The number of pyridine rings is 1. The second-order valence-electron chi connectivity index (χ2n) is 3.25. The van der Waals surface area contributed by atoms with Crippen molar-refractivity contribution in [3.05, 3.63) is 36.2 Å². The number of hydrogen-bond donors (Lipinski definition) is 1.